The second kappa shape index (κ2) is 3.15. The maximum Gasteiger partial charge on any atom is 0.167 e. The SMILES string of the molecule is Fc1cc2cccnc2nc1N1CCC1. The van der Waals surface area contributed by atoms with Crippen molar-refractivity contribution in [3.8, 4) is 0 Å². The Balaban J connectivity index is 2.17. The second-order valence-corrected chi connectivity index (χ2v) is 3.68. The highest BCUT2D eigenvalue weighted by Gasteiger charge is 2.20. The van der Waals surface area contributed by atoms with E-state index in [1.165, 1.54) is 6.07 Å². The van der Waals surface area contributed by atoms with Crippen LogP contribution in [0, 0.1) is 5.82 Å². The minimum absolute atomic E-state index is 0.254. The van der Waals surface area contributed by atoms with Crippen LogP contribution in [0.4, 0.5) is 10.2 Å². The van der Waals surface area contributed by atoms with Crippen LogP contribution < -0.4 is 4.90 Å². The molecule has 1 fully saturated rings. The molecule has 0 bridgehead atoms. The summed E-state index contributed by atoms with van der Waals surface area (Å²) >= 11 is 0. The van der Waals surface area contributed by atoms with Gasteiger partial charge in [-0.1, -0.05) is 0 Å². The monoisotopic (exact) mass is 203 g/mol. The summed E-state index contributed by atoms with van der Waals surface area (Å²) in [7, 11) is 0. The fourth-order valence-electron chi connectivity index (χ4n) is 1.72. The van der Waals surface area contributed by atoms with Gasteiger partial charge in [0, 0.05) is 24.7 Å². The van der Waals surface area contributed by atoms with Crippen molar-refractivity contribution in [3.63, 3.8) is 0 Å². The van der Waals surface area contributed by atoms with Crippen LogP contribution in [-0.2, 0) is 0 Å². The van der Waals surface area contributed by atoms with Crippen LogP contribution in [-0.4, -0.2) is 23.1 Å². The van der Waals surface area contributed by atoms with E-state index in [-0.39, 0.29) is 5.82 Å². The Bertz CT molecular complexity index is 508. The van der Waals surface area contributed by atoms with Crippen LogP contribution in [0.15, 0.2) is 24.4 Å². The van der Waals surface area contributed by atoms with Crippen molar-refractivity contribution in [1.82, 2.24) is 9.97 Å². The number of aromatic nitrogens is 2. The molecule has 3 rings (SSSR count). The molecular formula is C11H10FN3. The molecule has 2 aromatic rings. The molecule has 4 heteroatoms. The highest BCUT2D eigenvalue weighted by atomic mass is 19.1. The molecule has 76 valence electrons. The Kier molecular flexibility index (Phi) is 1.80. The maximum atomic E-state index is 13.7. The van der Waals surface area contributed by atoms with Crippen molar-refractivity contribution in [2.24, 2.45) is 0 Å². The third-order valence-electron chi connectivity index (χ3n) is 2.68. The van der Waals surface area contributed by atoms with E-state index < -0.39 is 0 Å². The average molecular weight is 203 g/mol. The van der Waals surface area contributed by atoms with E-state index >= 15 is 0 Å². The first-order valence-corrected chi connectivity index (χ1v) is 5.01. The van der Waals surface area contributed by atoms with Crippen LogP contribution >= 0.6 is 0 Å². The summed E-state index contributed by atoms with van der Waals surface area (Å²) in [5.41, 5.74) is 0.612. The molecule has 1 aliphatic rings. The normalized spacial score (nSPS) is 15.4. The third-order valence-corrected chi connectivity index (χ3v) is 2.68. The van der Waals surface area contributed by atoms with Crippen molar-refractivity contribution in [3.05, 3.63) is 30.2 Å². The van der Waals surface area contributed by atoms with Gasteiger partial charge in [0.25, 0.3) is 0 Å². The Morgan fingerprint density at radius 2 is 2.20 bits per heavy atom. The summed E-state index contributed by atoms with van der Waals surface area (Å²) in [6.45, 7) is 1.78. The molecule has 3 heterocycles. The molecule has 1 aliphatic heterocycles. The van der Waals surface area contributed by atoms with Gasteiger partial charge in [0.2, 0.25) is 0 Å². The molecule has 0 radical (unpaired) electrons. The summed E-state index contributed by atoms with van der Waals surface area (Å²) in [6, 6.07) is 5.11. The van der Waals surface area contributed by atoms with Crippen molar-refractivity contribution in [1.29, 1.82) is 0 Å². The number of rotatable bonds is 1. The molecule has 2 aromatic heterocycles. The third kappa shape index (κ3) is 1.33. The smallest absolute Gasteiger partial charge is 0.167 e. The minimum atomic E-state index is -0.254. The van der Waals surface area contributed by atoms with Crippen LogP contribution in [0.5, 0.6) is 0 Å². The van der Waals surface area contributed by atoms with Crippen LogP contribution in [0.25, 0.3) is 11.0 Å². The number of pyridine rings is 2. The number of halogens is 1. The van der Waals surface area contributed by atoms with Gasteiger partial charge in [-0.3, -0.25) is 0 Å². The molecule has 0 aliphatic carbocycles. The number of anilines is 1. The molecule has 3 nitrogen and oxygen atoms in total. The largest absolute Gasteiger partial charge is 0.354 e. The van der Waals surface area contributed by atoms with Crippen LogP contribution in [0.2, 0.25) is 0 Å². The minimum Gasteiger partial charge on any atom is -0.354 e. The molecule has 15 heavy (non-hydrogen) atoms. The van der Waals surface area contributed by atoms with Crippen molar-refractivity contribution in [2.45, 2.75) is 6.42 Å². The molecule has 0 atom stereocenters. The van der Waals surface area contributed by atoms with Gasteiger partial charge in [-0.15, -0.1) is 0 Å². The van der Waals surface area contributed by atoms with E-state index in [4.69, 9.17) is 0 Å². The van der Waals surface area contributed by atoms with Gasteiger partial charge < -0.3 is 4.90 Å². The first-order valence-electron chi connectivity index (χ1n) is 5.01. The summed E-state index contributed by atoms with van der Waals surface area (Å²) in [4.78, 5) is 10.3. The second-order valence-electron chi connectivity index (χ2n) is 3.68. The standard InChI is InChI=1S/C11H10FN3/c12-9-7-8-3-1-4-13-10(8)14-11(9)15-5-2-6-15/h1,3-4,7H,2,5-6H2. The van der Waals surface area contributed by atoms with Gasteiger partial charge in [-0.2, -0.15) is 0 Å². The lowest BCUT2D eigenvalue weighted by atomic mass is 10.2. The molecule has 0 N–H and O–H groups in total. The Morgan fingerprint density at radius 1 is 1.33 bits per heavy atom. The lowest BCUT2D eigenvalue weighted by molar-refractivity contribution is 0.565. The lowest BCUT2D eigenvalue weighted by Gasteiger charge is -2.32. The fourth-order valence-corrected chi connectivity index (χ4v) is 1.72. The Hall–Kier alpha value is -1.71. The highest BCUT2D eigenvalue weighted by Crippen LogP contribution is 2.24. The van der Waals surface area contributed by atoms with Gasteiger partial charge >= 0.3 is 0 Å². The number of fused-ring (bicyclic) bond motifs is 1. The van der Waals surface area contributed by atoms with E-state index in [1.54, 1.807) is 12.3 Å². The van der Waals surface area contributed by atoms with E-state index in [0.29, 0.717) is 11.5 Å². The predicted molar refractivity (Wildman–Crippen MR) is 56.3 cm³/mol. The Labute approximate surface area is 86.6 Å². The molecule has 0 saturated carbocycles. The van der Waals surface area contributed by atoms with Gasteiger partial charge in [0.15, 0.2) is 17.3 Å². The fraction of sp³-hybridized carbons (Fsp3) is 0.273. The molecular weight excluding hydrogens is 193 g/mol. The molecule has 0 aromatic carbocycles. The zero-order valence-electron chi connectivity index (χ0n) is 8.15. The zero-order valence-corrected chi connectivity index (χ0v) is 8.15. The van der Waals surface area contributed by atoms with Crippen molar-refractivity contribution >= 4 is 16.9 Å². The van der Waals surface area contributed by atoms with Gasteiger partial charge in [-0.05, 0) is 24.6 Å². The average Bonchev–Trinajstić information content (AvgIpc) is 2.16. The number of nitrogens with zero attached hydrogens (tertiary/aromatic N) is 3. The van der Waals surface area contributed by atoms with Crippen LogP contribution in [0.1, 0.15) is 6.42 Å². The quantitative estimate of drug-likeness (QED) is 0.709. The number of hydrogen-bond donors (Lipinski definition) is 0. The predicted octanol–water partition coefficient (Wildman–Crippen LogP) is 1.98. The highest BCUT2D eigenvalue weighted by molar-refractivity contribution is 5.76. The zero-order chi connectivity index (χ0) is 10.3. The first kappa shape index (κ1) is 8.59. The summed E-state index contributed by atoms with van der Waals surface area (Å²) in [5, 5.41) is 0.749. The molecule has 1 saturated heterocycles. The van der Waals surface area contributed by atoms with E-state index in [9.17, 15) is 4.39 Å². The van der Waals surface area contributed by atoms with Gasteiger partial charge in [0.05, 0.1) is 0 Å². The molecule has 0 spiro atoms. The van der Waals surface area contributed by atoms with E-state index in [2.05, 4.69) is 9.97 Å². The van der Waals surface area contributed by atoms with Gasteiger partial charge in [0.1, 0.15) is 0 Å². The van der Waals surface area contributed by atoms with E-state index in [0.717, 1.165) is 24.9 Å². The first-order chi connectivity index (χ1) is 7.34. The van der Waals surface area contributed by atoms with Gasteiger partial charge in [-0.25, -0.2) is 14.4 Å². The van der Waals surface area contributed by atoms with E-state index in [1.807, 2.05) is 11.0 Å². The summed E-state index contributed by atoms with van der Waals surface area (Å²) < 4.78 is 13.7. The van der Waals surface area contributed by atoms with Crippen molar-refractivity contribution in [2.75, 3.05) is 18.0 Å². The number of hydrogen-bond acceptors (Lipinski definition) is 3. The lowest BCUT2D eigenvalue weighted by Crippen LogP contribution is -2.38. The molecule has 0 unspecified atom stereocenters. The molecule has 0 amide bonds. The maximum absolute atomic E-state index is 13.7. The van der Waals surface area contributed by atoms with Crippen molar-refractivity contribution < 1.29 is 4.39 Å². The summed E-state index contributed by atoms with van der Waals surface area (Å²) in [6.07, 6.45) is 2.79. The Morgan fingerprint density at radius 3 is 2.93 bits per heavy atom. The topological polar surface area (TPSA) is 29.0 Å². The summed E-state index contributed by atoms with van der Waals surface area (Å²) in [5.74, 6) is 0.183. The van der Waals surface area contributed by atoms with Crippen LogP contribution in [0.3, 0.4) is 0 Å².